The molecule has 0 saturated carbocycles. The molecule has 0 aliphatic carbocycles. The van der Waals surface area contributed by atoms with Crippen molar-refractivity contribution >= 4 is 11.6 Å². The Bertz CT molecular complexity index is 579. The highest BCUT2D eigenvalue weighted by Crippen LogP contribution is 2.13. The van der Waals surface area contributed by atoms with Crippen LogP contribution in [0, 0.1) is 13.8 Å². The van der Waals surface area contributed by atoms with E-state index >= 15 is 0 Å². The Morgan fingerprint density at radius 2 is 2.00 bits per heavy atom. The quantitative estimate of drug-likeness (QED) is 0.663. The fraction of sp³-hybridized carbons (Fsp3) is 0.333. The third-order valence-electron chi connectivity index (χ3n) is 3.22. The number of nitrogens with two attached hydrogens (primary N) is 1. The first-order valence-corrected chi connectivity index (χ1v) is 6.67. The van der Waals surface area contributed by atoms with Gasteiger partial charge in [0.05, 0.1) is 12.2 Å². The lowest BCUT2D eigenvalue weighted by atomic mass is 10.1. The van der Waals surface area contributed by atoms with E-state index in [2.05, 4.69) is 34.5 Å². The van der Waals surface area contributed by atoms with Gasteiger partial charge in [-0.15, -0.1) is 0 Å². The Hall–Kier alpha value is -2.30. The summed E-state index contributed by atoms with van der Waals surface area (Å²) in [6.07, 6.45) is 1.02. The largest absolute Gasteiger partial charge is 0.370 e. The van der Waals surface area contributed by atoms with Gasteiger partial charge in [0.2, 0.25) is 0 Å². The summed E-state index contributed by atoms with van der Waals surface area (Å²) < 4.78 is 5.09. The highest BCUT2D eigenvalue weighted by atomic mass is 16.5. The van der Waals surface area contributed by atoms with Crippen molar-refractivity contribution in [3.8, 4) is 0 Å². The highest BCUT2D eigenvalue weighted by Gasteiger charge is 2.07. The molecule has 2 rings (SSSR count). The lowest BCUT2D eigenvalue weighted by molar-refractivity contribution is 0.392. The van der Waals surface area contributed by atoms with Gasteiger partial charge in [0, 0.05) is 11.3 Å². The van der Waals surface area contributed by atoms with E-state index in [1.165, 1.54) is 5.56 Å². The van der Waals surface area contributed by atoms with Crippen LogP contribution in [0.3, 0.4) is 0 Å². The van der Waals surface area contributed by atoms with Crippen molar-refractivity contribution < 1.29 is 4.52 Å². The minimum Gasteiger partial charge on any atom is -0.370 e. The van der Waals surface area contributed by atoms with Gasteiger partial charge in [-0.1, -0.05) is 24.2 Å². The van der Waals surface area contributed by atoms with Crippen LogP contribution in [0.15, 0.2) is 33.8 Å². The molecule has 0 radical (unpaired) electrons. The molecule has 3 N–H and O–H groups in total. The summed E-state index contributed by atoms with van der Waals surface area (Å²) in [7, 11) is 0. The second-order valence-corrected chi connectivity index (χ2v) is 4.68. The molecule has 0 atom stereocenters. The summed E-state index contributed by atoms with van der Waals surface area (Å²) in [5.74, 6) is 1.17. The summed E-state index contributed by atoms with van der Waals surface area (Å²) in [5, 5.41) is 6.96. The molecule has 1 aromatic carbocycles. The van der Waals surface area contributed by atoms with E-state index < -0.39 is 0 Å². The molecule has 2 aromatic rings. The van der Waals surface area contributed by atoms with Crippen LogP contribution in [0.2, 0.25) is 0 Å². The highest BCUT2D eigenvalue weighted by molar-refractivity contribution is 5.92. The number of guanidine groups is 1. The number of nitrogens with zero attached hydrogens (tertiary/aromatic N) is 2. The number of nitrogens with one attached hydrogen (secondary N) is 1. The molecule has 0 aliphatic rings. The van der Waals surface area contributed by atoms with E-state index in [1.807, 2.05) is 26.0 Å². The third kappa shape index (κ3) is 3.38. The minimum atomic E-state index is 0.384. The van der Waals surface area contributed by atoms with Gasteiger partial charge < -0.3 is 15.6 Å². The van der Waals surface area contributed by atoms with Crippen molar-refractivity contribution in [1.29, 1.82) is 0 Å². The summed E-state index contributed by atoms with van der Waals surface area (Å²) in [5.41, 5.74) is 9.94. The summed E-state index contributed by atoms with van der Waals surface area (Å²) in [6.45, 7) is 6.36. The number of hydrogen-bond acceptors (Lipinski definition) is 3. The van der Waals surface area contributed by atoms with E-state index in [1.54, 1.807) is 0 Å². The average Bonchev–Trinajstić information content (AvgIpc) is 2.77. The Morgan fingerprint density at radius 1 is 1.30 bits per heavy atom. The van der Waals surface area contributed by atoms with Crippen molar-refractivity contribution in [3.63, 3.8) is 0 Å². The topological polar surface area (TPSA) is 76.4 Å². The van der Waals surface area contributed by atoms with Crippen molar-refractivity contribution in [2.24, 2.45) is 10.7 Å². The zero-order valence-corrected chi connectivity index (χ0v) is 12.1. The molecule has 106 valence electrons. The van der Waals surface area contributed by atoms with E-state index in [4.69, 9.17) is 10.3 Å². The van der Waals surface area contributed by atoms with Crippen LogP contribution < -0.4 is 11.1 Å². The van der Waals surface area contributed by atoms with Crippen molar-refractivity contribution in [2.75, 3.05) is 5.32 Å². The molecule has 0 aliphatic heterocycles. The number of hydrogen-bond donors (Lipinski definition) is 2. The number of aromatic nitrogens is 1. The average molecular weight is 272 g/mol. The second-order valence-electron chi connectivity index (χ2n) is 4.68. The maximum absolute atomic E-state index is 5.88. The fourth-order valence-corrected chi connectivity index (χ4v) is 1.90. The van der Waals surface area contributed by atoms with Crippen LogP contribution in [0.25, 0.3) is 0 Å². The molecule has 1 heterocycles. The van der Waals surface area contributed by atoms with Crippen LogP contribution in [-0.2, 0) is 13.0 Å². The van der Waals surface area contributed by atoms with Gasteiger partial charge in [0.25, 0.3) is 0 Å². The maximum Gasteiger partial charge on any atom is 0.193 e. The van der Waals surface area contributed by atoms with Crippen LogP contribution in [0.5, 0.6) is 0 Å². The van der Waals surface area contributed by atoms with E-state index in [0.717, 1.165) is 29.1 Å². The predicted molar refractivity (Wildman–Crippen MR) is 80.7 cm³/mol. The SMILES string of the molecule is CCc1ccc(NC(N)=NCc2c(C)noc2C)cc1. The predicted octanol–water partition coefficient (Wildman–Crippen LogP) is 2.78. The first-order chi connectivity index (χ1) is 9.60. The summed E-state index contributed by atoms with van der Waals surface area (Å²) >= 11 is 0. The normalized spacial score (nSPS) is 11.7. The molecule has 5 nitrogen and oxygen atoms in total. The van der Waals surface area contributed by atoms with Crippen molar-refractivity contribution in [2.45, 2.75) is 33.7 Å². The molecule has 0 amide bonds. The molecule has 1 aromatic heterocycles. The fourth-order valence-electron chi connectivity index (χ4n) is 1.90. The lowest BCUT2D eigenvalue weighted by Gasteiger charge is -2.06. The molecule has 0 saturated heterocycles. The standard InChI is InChI=1S/C15H20N4O/c1-4-12-5-7-13(8-6-12)18-15(16)17-9-14-10(2)19-20-11(14)3/h5-8H,4,9H2,1-3H3,(H3,16,17,18). The van der Waals surface area contributed by atoms with Gasteiger partial charge in [-0.05, 0) is 38.0 Å². The summed E-state index contributed by atoms with van der Waals surface area (Å²) in [6, 6.07) is 8.14. The van der Waals surface area contributed by atoms with Crippen LogP contribution in [0.4, 0.5) is 5.69 Å². The molecular weight excluding hydrogens is 252 g/mol. The Labute approximate surface area is 118 Å². The smallest absolute Gasteiger partial charge is 0.193 e. The van der Waals surface area contributed by atoms with Crippen LogP contribution in [-0.4, -0.2) is 11.1 Å². The van der Waals surface area contributed by atoms with Crippen molar-refractivity contribution in [3.05, 3.63) is 46.8 Å². The Kier molecular flexibility index (Phi) is 4.40. The molecule has 20 heavy (non-hydrogen) atoms. The Balaban J connectivity index is 2.00. The molecule has 0 unspecified atom stereocenters. The van der Waals surface area contributed by atoms with Gasteiger partial charge in [0.15, 0.2) is 5.96 Å². The molecular formula is C15H20N4O. The van der Waals surface area contributed by atoms with E-state index in [9.17, 15) is 0 Å². The Morgan fingerprint density at radius 3 is 2.55 bits per heavy atom. The molecule has 0 fully saturated rings. The van der Waals surface area contributed by atoms with Gasteiger partial charge >= 0.3 is 0 Å². The van der Waals surface area contributed by atoms with Crippen LogP contribution in [0.1, 0.15) is 29.5 Å². The van der Waals surface area contributed by atoms with Gasteiger partial charge in [0.1, 0.15) is 5.76 Å². The van der Waals surface area contributed by atoms with E-state index in [0.29, 0.717) is 12.5 Å². The minimum absolute atomic E-state index is 0.384. The number of aliphatic imine (C=N–C) groups is 1. The van der Waals surface area contributed by atoms with Gasteiger partial charge in [-0.25, -0.2) is 4.99 Å². The van der Waals surface area contributed by atoms with Crippen molar-refractivity contribution in [1.82, 2.24) is 5.16 Å². The van der Waals surface area contributed by atoms with E-state index in [-0.39, 0.29) is 0 Å². The molecule has 0 bridgehead atoms. The van der Waals surface area contributed by atoms with Gasteiger partial charge in [-0.2, -0.15) is 0 Å². The summed E-state index contributed by atoms with van der Waals surface area (Å²) in [4.78, 5) is 4.31. The molecule has 5 heteroatoms. The monoisotopic (exact) mass is 272 g/mol. The zero-order valence-electron chi connectivity index (χ0n) is 12.1. The number of rotatable bonds is 4. The van der Waals surface area contributed by atoms with Gasteiger partial charge in [-0.3, -0.25) is 0 Å². The maximum atomic E-state index is 5.88. The number of benzene rings is 1. The number of aryl methyl sites for hydroxylation is 3. The third-order valence-corrected chi connectivity index (χ3v) is 3.22. The van der Waals surface area contributed by atoms with Crippen LogP contribution >= 0.6 is 0 Å². The lowest BCUT2D eigenvalue weighted by Crippen LogP contribution is -2.22. The first-order valence-electron chi connectivity index (χ1n) is 6.67. The molecule has 0 spiro atoms. The second kappa shape index (κ2) is 6.23. The zero-order chi connectivity index (χ0) is 14.5. The number of anilines is 1. The first kappa shape index (κ1) is 14.1.